The van der Waals surface area contributed by atoms with E-state index >= 15 is 0 Å². The number of ether oxygens (including phenoxy) is 1. The zero-order valence-electron chi connectivity index (χ0n) is 21.4. The summed E-state index contributed by atoms with van der Waals surface area (Å²) in [5.74, 6) is 0. The SMILES string of the molecule is CC(C)(C)OC(=O)N1CCc2nc(-c3ccn4c(-c5cccc(N(CC(F)(F)F)N=O)c5)cnc4c3)sc2C1. The van der Waals surface area contributed by atoms with Crippen LogP contribution in [0.5, 0.6) is 0 Å². The highest BCUT2D eigenvalue weighted by Crippen LogP contribution is 2.34. The van der Waals surface area contributed by atoms with Crippen molar-refractivity contribution in [1.29, 1.82) is 0 Å². The number of thiazole rings is 1. The van der Waals surface area contributed by atoms with E-state index in [1.807, 2.05) is 43.5 Å². The van der Waals surface area contributed by atoms with Gasteiger partial charge in [0.15, 0.2) is 0 Å². The number of pyridine rings is 1. The number of carbonyl (C=O) groups excluding carboxylic acids is 1. The minimum absolute atomic E-state index is 0.0280. The summed E-state index contributed by atoms with van der Waals surface area (Å²) in [6.45, 7) is 5.00. The molecule has 0 atom stereocenters. The Hall–Kier alpha value is -4.00. The molecule has 204 valence electrons. The molecular weight excluding hydrogens is 533 g/mol. The fourth-order valence-corrected chi connectivity index (χ4v) is 5.41. The highest BCUT2D eigenvalue weighted by Gasteiger charge is 2.32. The molecule has 0 saturated carbocycles. The van der Waals surface area contributed by atoms with Gasteiger partial charge in [0, 0.05) is 35.2 Å². The molecule has 0 radical (unpaired) electrons. The maximum absolute atomic E-state index is 12.8. The minimum Gasteiger partial charge on any atom is -0.444 e. The monoisotopic (exact) mass is 558 g/mol. The van der Waals surface area contributed by atoms with Gasteiger partial charge < -0.3 is 9.64 Å². The first-order valence-corrected chi connectivity index (χ1v) is 12.9. The second kappa shape index (κ2) is 9.95. The van der Waals surface area contributed by atoms with Gasteiger partial charge in [-0.1, -0.05) is 12.1 Å². The summed E-state index contributed by atoms with van der Waals surface area (Å²) >= 11 is 1.52. The molecule has 1 aromatic carbocycles. The Morgan fingerprint density at radius 3 is 2.69 bits per heavy atom. The third-order valence-electron chi connectivity index (χ3n) is 6.01. The largest absolute Gasteiger partial charge is 0.444 e. The van der Waals surface area contributed by atoms with Crippen molar-refractivity contribution in [3.05, 3.63) is 64.3 Å². The van der Waals surface area contributed by atoms with Crippen molar-refractivity contribution in [2.24, 2.45) is 5.29 Å². The Balaban J connectivity index is 1.39. The van der Waals surface area contributed by atoms with Crippen molar-refractivity contribution in [2.45, 2.75) is 45.5 Å². The van der Waals surface area contributed by atoms with Gasteiger partial charge in [0.05, 0.1) is 35.1 Å². The first-order chi connectivity index (χ1) is 18.4. The van der Waals surface area contributed by atoms with Crippen molar-refractivity contribution in [3.63, 3.8) is 0 Å². The molecule has 9 nitrogen and oxygen atoms in total. The topological polar surface area (TPSA) is 92.4 Å². The average molecular weight is 559 g/mol. The Morgan fingerprint density at radius 1 is 1.18 bits per heavy atom. The zero-order valence-corrected chi connectivity index (χ0v) is 22.2. The van der Waals surface area contributed by atoms with Crippen LogP contribution in [0.15, 0.2) is 54.1 Å². The molecule has 1 amide bonds. The summed E-state index contributed by atoms with van der Waals surface area (Å²) in [7, 11) is 0. The van der Waals surface area contributed by atoms with Crippen molar-refractivity contribution >= 4 is 28.8 Å². The number of aromatic nitrogens is 3. The number of hydrogen-bond donors (Lipinski definition) is 0. The summed E-state index contributed by atoms with van der Waals surface area (Å²) in [6.07, 6.45) is -0.848. The molecular formula is C26H25F3N6O3S. The number of rotatable bonds is 5. The number of anilines is 1. The lowest BCUT2D eigenvalue weighted by molar-refractivity contribution is -0.119. The van der Waals surface area contributed by atoms with Crippen molar-refractivity contribution in [1.82, 2.24) is 19.3 Å². The number of nitroso groups, excluding NO2 is 1. The minimum atomic E-state index is -4.58. The Labute approximate surface area is 225 Å². The highest BCUT2D eigenvalue weighted by molar-refractivity contribution is 7.15. The van der Waals surface area contributed by atoms with E-state index in [9.17, 15) is 22.9 Å². The van der Waals surface area contributed by atoms with Crippen LogP contribution in [0, 0.1) is 4.91 Å². The highest BCUT2D eigenvalue weighted by atomic mass is 32.1. The van der Waals surface area contributed by atoms with Crippen LogP contribution < -0.4 is 5.01 Å². The van der Waals surface area contributed by atoms with Crippen LogP contribution in [-0.2, 0) is 17.7 Å². The molecule has 0 saturated heterocycles. The smallest absolute Gasteiger partial charge is 0.410 e. The molecule has 3 aromatic heterocycles. The number of alkyl halides is 3. The van der Waals surface area contributed by atoms with Gasteiger partial charge >= 0.3 is 12.3 Å². The van der Waals surface area contributed by atoms with Gasteiger partial charge in [0.25, 0.3) is 0 Å². The first kappa shape index (κ1) is 26.6. The van der Waals surface area contributed by atoms with E-state index in [0.29, 0.717) is 41.4 Å². The van der Waals surface area contributed by atoms with Gasteiger partial charge in [-0.15, -0.1) is 16.2 Å². The van der Waals surface area contributed by atoms with Gasteiger partial charge in [-0.2, -0.15) is 13.2 Å². The van der Waals surface area contributed by atoms with Crippen LogP contribution in [0.25, 0.3) is 27.5 Å². The number of halogens is 3. The fourth-order valence-electron chi connectivity index (χ4n) is 4.29. The summed E-state index contributed by atoms with van der Waals surface area (Å²) < 4.78 is 45.9. The molecule has 4 heterocycles. The second-order valence-corrected chi connectivity index (χ2v) is 11.2. The normalized spacial score (nSPS) is 13.8. The quantitative estimate of drug-likeness (QED) is 0.206. The zero-order chi connectivity index (χ0) is 27.9. The van der Waals surface area contributed by atoms with Crippen LogP contribution in [0.2, 0.25) is 0 Å². The summed E-state index contributed by atoms with van der Waals surface area (Å²) in [5, 5.41) is 3.72. The molecule has 0 fully saturated rings. The van der Waals surface area contributed by atoms with Gasteiger partial charge in [-0.25, -0.2) is 19.8 Å². The number of nitrogens with zero attached hydrogens (tertiary/aromatic N) is 6. The number of fused-ring (bicyclic) bond motifs is 2. The van der Waals surface area contributed by atoms with E-state index in [0.717, 1.165) is 21.1 Å². The summed E-state index contributed by atoms with van der Waals surface area (Å²) in [6, 6.07) is 9.92. The molecule has 1 aliphatic rings. The molecule has 0 bridgehead atoms. The molecule has 0 unspecified atom stereocenters. The van der Waals surface area contributed by atoms with Crippen LogP contribution in [0.4, 0.5) is 23.7 Å². The van der Waals surface area contributed by atoms with E-state index in [2.05, 4.69) is 10.3 Å². The molecule has 4 aromatic rings. The van der Waals surface area contributed by atoms with Gasteiger partial charge in [0.2, 0.25) is 0 Å². The molecule has 0 N–H and O–H groups in total. The number of hydrogen-bond acceptors (Lipinski definition) is 7. The van der Waals surface area contributed by atoms with Crippen molar-refractivity contribution < 1.29 is 22.7 Å². The van der Waals surface area contributed by atoms with Crippen LogP contribution in [-0.4, -0.2) is 50.2 Å². The van der Waals surface area contributed by atoms with E-state index in [4.69, 9.17) is 9.72 Å². The van der Waals surface area contributed by atoms with E-state index in [1.54, 1.807) is 23.2 Å². The van der Waals surface area contributed by atoms with Crippen molar-refractivity contribution in [3.8, 4) is 21.8 Å². The Bertz CT molecular complexity index is 1540. The third kappa shape index (κ3) is 5.87. The second-order valence-electron chi connectivity index (χ2n) is 10.1. The lowest BCUT2D eigenvalue weighted by Crippen LogP contribution is -2.39. The van der Waals surface area contributed by atoms with Gasteiger partial charge in [-0.05, 0) is 45.0 Å². The molecule has 13 heteroatoms. The third-order valence-corrected chi connectivity index (χ3v) is 7.14. The van der Waals surface area contributed by atoms with Gasteiger partial charge in [-0.3, -0.25) is 4.40 Å². The lowest BCUT2D eigenvalue weighted by Gasteiger charge is -2.29. The van der Waals surface area contributed by atoms with Crippen LogP contribution in [0.1, 0.15) is 31.3 Å². The maximum atomic E-state index is 12.8. The summed E-state index contributed by atoms with van der Waals surface area (Å²) in [4.78, 5) is 35.5. The van der Waals surface area contributed by atoms with Gasteiger partial charge in [0.1, 0.15) is 22.8 Å². The standard InChI is InChI=1S/C26H25F3N6O3S/c1-25(2,3)38-24(36)33-9-8-19-21(14-33)39-23(31-19)17-7-10-34-20(13-30-22(34)12-17)16-5-4-6-18(11-16)35(32-37)15-26(27,28)29/h4-7,10-13H,8-9,14-15H2,1-3H3. The van der Waals surface area contributed by atoms with Crippen molar-refractivity contribution in [2.75, 3.05) is 18.1 Å². The molecule has 0 spiro atoms. The number of imidazole rings is 1. The lowest BCUT2D eigenvalue weighted by atomic mass is 10.1. The van der Waals surface area contributed by atoms with Crippen LogP contribution in [0.3, 0.4) is 0 Å². The molecule has 0 aliphatic carbocycles. The molecule has 1 aliphatic heterocycles. The molecule has 39 heavy (non-hydrogen) atoms. The van der Waals surface area contributed by atoms with Crippen LogP contribution >= 0.6 is 11.3 Å². The van der Waals surface area contributed by atoms with E-state index in [-0.39, 0.29) is 11.8 Å². The maximum Gasteiger partial charge on any atom is 0.410 e. The number of benzene rings is 1. The number of carbonyl (C=O) groups is 1. The van der Waals surface area contributed by atoms with E-state index in [1.165, 1.54) is 23.5 Å². The molecule has 5 rings (SSSR count). The first-order valence-electron chi connectivity index (χ1n) is 12.1. The predicted molar refractivity (Wildman–Crippen MR) is 141 cm³/mol. The number of amides is 1. The fraction of sp³-hybridized carbons (Fsp3) is 0.346. The predicted octanol–water partition coefficient (Wildman–Crippen LogP) is 6.47. The summed E-state index contributed by atoms with van der Waals surface area (Å²) in [5.41, 5.74) is 3.13. The Kier molecular flexibility index (Phi) is 6.79. The average Bonchev–Trinajstić information content (AvgIpc) is 3.49. The van der Waals surface area contributed by atoms with E-state index < -0.39 is 18.3 Å². The Morgan fingerprint density at radius 2 is 1.97 bits per heavy atom.